The Bertz CT molecular complexity index is 845. The fourth-order valence-corrected chi connectivity index (χ4v) is 3.47. The van der Waals surface area contributed by atoms with Crippen molar-refractivity contribution in [1.82, 2.24) is 4.90 Å². The minimum absolute atomic E-state index is 0.121. The molecule has 2 aromatic carbocycles. The number of rotatable bonds is 5. The van der Waals surface area contributed by atoms with Crippen LogP contribution < -0.4 is 5.32 Å². The van der Waals surface area contributed by atoms with Gasteiger partial charge >= 0.3 is 0 Å². The SMILES string of the molecule is CC(C)c1ccc(/C=C2\SC(=O)N(CNc3ccc(Cl)cc3)C2=O)cc1. The fourth-order valence-electron chi connectivity index (χ4n) is 2.50. The van der Waals surface area contributed by atoms with Crippen molar-refractivity contribution in [1.29, 1.82) is 0 Å². The van der Waals surface area contributed by atoms with E-state index in [1.165, 1.54) is 10.5 Å². The van der Waals surface area contributed by atoms with E-state index < -0.39 is 0 Å². The minimum atomic E-state index is -0.283. The second-order valence-corrected chi connectivity index (χ2v) is 7.70. The van der Waals surface area contributed by atoms with Gasteiger partial charge in [-0.25, -0.2) is 0 Å². The molecule has 1 saturated heterocycles. The molecule has 26 heavy (non-hydrogen) atoms. The number of halogens is 1. The van der Waals surface area contributed by atoms with Crippen LogP contribution in [0.1, 0.15) is 30.9 Å². The van der Waals surface area contributed by atoms with Gasteiger partial charge in [-0.15, -0.1) is 0 Å². The largest absolute Gasteiger partial charge is 0.367 e. The second-order valence-electron chi connectivity index (χ2n) is 6.27. The quantitative estimate of drug-likeness (QED) is 0.682. The Morgan fingerprint density at radius 3 is 2.35 bits per heavy atom. The molecule has 4 nitrogen and oxygen atoms in total. The van der Waals surface area contributed by atoms with E-state index in [1.807, 2.05) is 24.3 Å². The standard InChI is InChI=1S/C20H19ClN2O2S/c1-13(2)15-5-3-14(4-6-15)11-18-19(24)23(20(25)26-18)12-22-17-9-7-16(21)8-10-17/h3-11,13,22H,12H2,1-2H3/b18-11-. The van der Waals surface area contributed by atoms with Crippen LogP contribution in [0.4, 0.5) is 10.5 Å². The Kier molecular flexibility index (Phi) is 5.69. The third-order valence-corrected chi connectivity index (χ3v) is 5.22. The lowest BCUT2D eigenvalue weighted by Gasteiger charge is -2.14. The summed E-state index contributed by atoms with van der Waals surface area (Å²) in [4.78, 5) is 26.3. The Hall–Kier alpha value is -2.24. The minimum Gasteiger partial charge on any atom is -0.367 e. The molecule has 6 heteroatoms. The molecule has 1 aliphatic heterocycles. The summed E-state index contributed by atoms with van der Waals surface area (Å²) in [5, 5.41) is 3.42. The van der Waals surface area contributed by atoms with Gasteiger partial charge in [0.2, 0.25) is 0 Å². The average molecular weight is 387 g/mol. The maximum atomic E-state index is 12.5. The number of nitrogens with one attached hydrogen (secondary N) is 1. The highest BCUT2D eigenvalue weighted by Crippen LogP contribution is 2.32. The van der Waals surface area contributed by atoms with E-state index in [2.05, 4.69) is 19.2 Å². The van der Waals surface area contributed by atoms with Gasteiger partial charge in [-0.2, -0.15) is 0 Å². The van der Waals surface area contributed by atoms with Crippen LogP contribution in [0, 0.1) is 0 Å². The van der Waals surface area contributed by atoms with E-state index in [1.54, 1.807) is 30.3 Å². The van der Waals surface area contributed by atoms with Crippen molar-refractivity contribution in [2.24, 2.45) is 0 Å². The lowest BCUT2D eigenvalue weighted by Crippen LogP contribution is -2.33. The zero-order chi connectivity index (χ0) is 18.7. The molecule has 0 aliphatic carbocycles. The average Bonchev–Trinajstić information content (AvgIpc) is 2.88. The Morgan fingerprint density at radius 1 is 1.08 bits per heavy atom. The van der Waals surface area contributed by atoms with E-state index >= 15 is 0 Å². The first-order valence-corrected chi connectivity index (χ1v) is 9.48. The lowest BCUT2D eigenvalue weighted by molar-refractivity contribution is -0.122. The van der Waals surface area contributed by atoms with Crippen LogP contribution in [-0.4, -0.2) is 22.7 Å². The van der Waals surface area contributed by atoms with Crippen LogP contribution in [0.3, 0.4) is 0 Å². The third kappa shape index (κ3) is 4.29. The topological polar surface area (TPSA) is 49.4 Å². The number of imide groups is 1. The third-order valence-electron chi connectivity index (χ3n) is 4.06. The Labute approximate surface area is 162 Å². The normalized spacial score (nSPS) is 16.0. The van der Waals surface area contributed by atoms with Crippen LogP contribution in [-0.2, 0) is 4.79 Å². The molecule has 2 aromatic rings. The first-order valence-electron chi connectivity index (χ1n) is 8.29. The Morgan fingerprint density at radius 2 is 1.73 bits per heavy atom. The molecule has 1 aliphatic rings. The van der Waals surface area contributed by atoms with Crippen LogP contribution >= 0.6 is 23.4 Å². The van der Waals surface area contributed by atoms with Crippen molar-refractivity contribution in [3.63, 3.8) is 0 Å². The highest BCUT2D eigenvalue weighted by Gasteiger charge is 2.34. The van der Waals surface area contributed by atoms with Gasteiger partial charge in [0.05, 0.1) is 11.6 Å². The molecular formula is C20H19ClN2O2S. The molecular weight excluding hydrogens is 368 g/mol. The molecule has 2 amide bonds. The molecule has 0 radical (unpaired) electrons. The number of benzene rings is 2. The summed E-state index contributed by atoms with van der Waals surface area (Å²) in [7, 11) is 0. The smallest absolute Gasteiger partial charge is 0.295 e. The van der Waals surface area contributed by atoms with Gasteiger partial charge in [0, 0.05) is 10.7 Å². The number of amides is 2. The van der Waals surface area contributed by atoms with E-state index in [0.717, 1.165) is 23.0 Å². The van der Waals surface area contributed by atoms with Crippen LogP contribution in [0.15, 0.2) is 53.4 Å². The molecule has 1 fully saturated rings. The van der Waals surface area contributed by atoms with Gasteiger partial charge < -0.3 is 5.32 Å². The van der Waals surface area contributed by atoms with Crippen molar-refractivity contribution < 1.29 is 9.59 Å². The van der Waals surface area contributed by atoms with E-state index in [4.69, 9.17) is 11.6 Å². The van der Waals surface area contributed by atoms with Gasteiger partial charge in [0.1, 0.15) is 0 Å². The first-order chi connectivity index (χ1) is 12.4. The van der Waals surface area contributed by atoms with Gasteiger partial charge in [-0.3, -0.25) is 14.5 Å². The second kappa shape index (κ2) is 7.98. The van der Waals surface area contributed by atoms with Crippen molar-refractivity contribution in [3.05, 3.63) is 69.6 Å². The summed E-state index contributed by atoms with van der Waals surface area (Å²) in [6.45, 7) is 4.39. The molecule has 0 unspecified atom stereocenters. The maximum Gasteiger partial charge on any atom is 0.295 e. The molecule has 0 saturated carbocycles. The van der Waals surface area contributed by atoms with E-state index in [0.29, 0.717) is 15.8 Å². The summed E-state index contributed by atoms with van der Waals surface area (Å²) < 4.78 is 0. The molecule has 0 atom stereocenters. The molecule has 1 heterocycles. The Balaban J connectivity index is 1.68. The zero-order valence-electron chi connectivity index (χ0n) is 14.5. The van der Waals surface area contributed by atoms with Crippen LogP contribution in [0.5, 0.6) is 0 Å². The molecule has 3 rings (SSSR count). The van der Waals surface area contributed by atoms with E-state index in [9.17, 15) is 9.59 Å². The van der Waals surface area contributed by atoms with Crippen molar-refractivity contribution >= 4 is 46.3 Å². The first kappa shape index (κ1) is 18.5. The van der Waals surface area contributed by atoms with Crippen molar-refractivity contribution in [2.75, 3.05) is 12.0 Å². The highest BCUT2D eigenvalue weighted by atomic mass is 35.5. The van der Waals surface area contributed by atoms with Gasteiger partial charge in [0.25, 0.3) is 11.1 Å². The van der Waals surface area contributed by atoms with Gasteiger partial charge in [0.15, 0.2) is 0 Å². The van der Waals surface area contributed by atoms with E-state index in [-0.39, 0.29) is 17.8 Å². The number of hydrogen-bond acceptors (Lipinski definition) is 4. The number of carbonyl (C=O) groups is 2. The van der Waals surface area contributed by atoms with Gasteiger partial charge in [-0.05, 0) is 59.1 Å². The molecule has 0 spiro atoms. The summed E-state index contributed by atoms with van der Waals surface area (Å²) in [5.41, 5.74) is 2.94. The van der Waals surface area contributed by atoms with Crippen LogP contribution in [0.2, 0.25) is 5.02 Å². The number of thioether (sulfide) groups is 1. The van der Waals surface area contributed by atoms with Crippen molar-refractivity contribution in [2.45, 2.75) is 19.8 Å². The number of carbonyl (C=O) groups excluding carboxylic acids is 2. The van der Waals surface area contributed by atoms with Gasteiger partial charge in [-0.1, -0.05) is 49.7 Å². The molecule has 0 bridgehead atoms. The number of hydrogen-bond donors (Lipinski definition) is 1. The summed E-state index contributed by atoms with van der Waals surface area (Å²) in [6, 6.07) is 15.1. The lowest BCUT2D eigenvalue weighted by atomic mass is 10.0. The zero-order valence-corrected chi connectivity index (χ0v) is 16.1. The van der Waals surface area contributed by atoms with Crippen molar-refractivity contribution in [3.8, 4) is 0 Å². The predicted molar refractivity (Wildman–Crippen MR) is 108 cm³/mol. The summed E-state index contributed by atoms with van der Waals surface area (Å²) >= 11 is 6.81. The summed E-state index contributed by atoms with van der Waals surface area (Å²) in [5.74, 6) is 0.171. The molecule has 0 aromatic heterocycles. The highest BCUT2D eigenvalue weighted by molar-refractivity contribution is 8.18. The number of nitrogens with zero attached hydrogens (tertiary/aromatic N) is 1. The predicted octanol–water partition coefficient (Wildman–Crippen LogP) is 5.57. The monoisotopic (exact) mass is 386 g/mol. The van der Waals surface area contributed by atoms with Crippen LogP contribution in [0.25, 0.3) is 6.08 Å². The molecule has 1 N–H and O–H groups in total. The molecule has 134 valence electrons. The number of anilines is 1. The fraction of sp³-hybridized carbons (Fsp3) is 0.200. The summed E-state index contributed by atoms with van der Waals surface area (Å²) in [6.07, 6.45) is 1.76. The maximum absolute atomic E-state index is 12.5.